The van der Waals surface area contributed by atoms with Crippen molar-refractivity contribution in [1.82, 2.24) is 9.97 Å². The van der Waals surface area contributed by atoms with Gasteiger partial charge in [0, 0.05) is 25.8 Å². The molecule has 116 valence electrons. The number of anilines is 2. The van der Waals surface area contributed by atoms with Crippen molar-refractivity contribution in [2.45, 2.75) is 26.2 Å². The molecule has 0 amide bonds. The highest BCUT2D eigenvalue weighted by atomic mass is 15.2. The molecule has 4 heteroatoms. The van der Waals surface area contributed by atoms with Gasteiger partial charge in [0.05, 0.1) is 0 Å². The Hall–Kier alpha value is -2.10. The number of hydrogen-bond acceptors (Lipinski definition) is 4. The summed E-state index contributed by atoms with van der Waals surface area (Å²) >= 11 is 0. The van der Waals surface area contributed by atoms with Gasteiger partial charge in [-0.25, -0.2) is 4.98 Å². The lowest BCUT2D eigenvalue weighted by Gasteiger charge is -2.31. The highest BCUT2D eigenvalue weighted by molar-refractivity contribution is 5.43. The molecule has 1 aliphatic rings. The van der Waals surface area contributed by atoms with Gasteiger partial charge in [-0.3, -0.25) is 0 Å². The van der Waals surface area contributed by atoms with Crippen LogP contribution in [0.1, 0.15) is 25.3 Å². The molecule has 22 heavy (non-hydrogen) atoms. The number of nitrogens with zero attached hydrogens (tertiary/aromatic N) is 3. The molecule has 0 spiro atoms. The van der Waals surface area contributed by atoms with E-state index >= 15 is 0 Å². The van der Waals surface area contributed by atoms with Crippen LogP contribution in [-0.2, 0) is 6.42 Å². The molecule has 2 heterocycles. The topological polar surface area (TPSA) is 41.1 Å². The summed E-state index contributed by atoms with van der Waals surface area (Å²) in [4.78, 5) is 11.4. The second-order valence-corrected chi connectivity index (χ2v) is 6.09. The number of benzene rings is 1. The van der Waals surface area contributed by atoms with Crippen molar-refractivity contribution in [3.05, 3.63) is 48.2 Å². The Bertz CT molecular complexity index is 585. The second-order valence-electron chi connectivity index (χ2n) is 6.09. The van der Waals surface area contributed by atoms with Crippen LogP contribution in [0, 0.1) is 5.92 Å². The van der Waals surface area contributed by atoms with Crippen LogP contribution in [0.2, 0.25) is 0 Å². The van der Waals surface area contributed by atoms with Crippen molar-refractivity contribution < 1.29 is 0 Å². The average Bonchev–Trinajstić information content (AvgIpc) is 2.56. The predicted molar refractivity (Wildman–Crippen MR) is 91.3 cm³/mol. The third-order valence-corrected chi connectivity index (χ3v) is 4.16. The SMILES string of the molecule is CC1CCCN(c2ccnc(NCCc3ccccc3)n2)C1. The Morgan fingerprint density at radius 2 is 2.09 bits per heavy atom. The van der Waals surface area contributed by atoms with E-state index in [0.717, 1.165) is 43.7 Å². The van der Waals surface area contributed by atoms with Crippen LogP contribution in [0.3, 0.4) is 0 Å². The van der Waals surface area contributed by atoms with Gasteiger partial charge in [0.25, 0.3) is 0 Å². The highest BCUT2D eigenvalue weighted by Gasteiger charge is 2.17. The van der Waals surface area contributed by atoms with Crippen LogP contribution in [-0.4, -0.2) is 29.6 Å². The molecule has 0 radical (unpaired) electrons. The van der Waals surface area contributed by atoms with Gasteiger partial charge in [0.1, 0.15) is 5.82 Å². The van der Waals surface area contributed by atoms with Gasteiger partial charge in [0.15, 0.2) is 0 Å². The summed E-state index contributed by atoms with van der Waals surface area (Å²) in [5, 5.41) is 3.33. The molecule has 2 aromatic rings. The molecule has 3 rings (SSSR count). The van der Waals surface area contributed by atoms with Crippen LogP contribution in [0.5, 0.6) is 0 Å². The highest BCUT2D eigenvalue weighted by Crippen LogP contribution is 2.21. The molecule has 1 aliphatic heterocycles. The van der Waals surface area contributed by atoms with Crippen LogP contribution in [0.4, 0.5) is 11.8 Å². The van der Waals surface area contributed by atoms with Crippen molar-refractivity contribution in [2.75, 3.05) is 29.9 Å². The maximum absolute atomic E-state index is 4.67. The average molecular weight is 296 g/mol. The zero-order chi connectivity index (χ0) is 15.2. The molecule has 0 bridgehead atoms. The molecule has 4 nitrogen and oxygen atoms in total. The maximum atomic E-state index is 4.67. The Morgan fingerprint density at radius 1 is 1.23 bits per heavy atom. The molecule has 1 N–H and O–H groups in total. The first-order valence-corrected chi connectivity index (χ1v) is 8.17. The summed E-state index contributed by atoms with van der Waals surface area (Å²) in [6.07, 6.45) is 5.41. The molecule has 1 saturated heterocycles. The normalized spacial score (nSPS) is 18.2. The van der Waals surface area contributed by atoms with Crippen molar-refractivity contribution in [3.63, 3.8) is 0 Å². The van der Waals surface area contributed by atoms with E-state index in [4.69, 9.17) is 0 Å². The molecular formula is C18H24N4. The Kier molecular flexibility index (Phi) is 4.88. The van der Waals surface area contributed by atoms with E-state index in [2.05, 4.69) is 51.4 Å². The second kappa shape index (κ2) is 7.25. The lowest BCUT2D eigenvalue weighted by atomic mass is 10.0. The first-order valence-electron chi connectivity index (χ1n) is 8.17. The number of nitrogens with one attached hydrogen (secondary N) is 1. The van der Waals surface area contributed by atoms with E-state index in [1.807, 2.05) is 18.3 Å². The molecule has 1 unspecified atom stereocenters. The summed E-state index contributed by atoms with van der Waals surface area (Å²) in [5.41, 5.74) is 1.33. The summed E-state index contributed by atoms with van der Waals surface area (Å²) in [6.45, 7) is 5.36. The van der Waals surface area contributed by atoms with E-state index in [1.54, 1.807) is 0 Å². The number of rotatable bonds is 5. The predicted octanol–water partition coefficient (Wildman–Crippen LogP) is 3.37. The fraction of sp³-hybridized carbons (Fsp3) is 0.444. The third kappa shape index (κ3) is 3.97. The molecule has 1 fully saturated rings. The summed E-state index contributed by atoms with van der Waals surface area (Å²) in [6, 6.07) is 12.5. The van der Waals surface area contributed by atoms with Gasteiger partial charge < -0.3 is 10.2 Å². The molecule has 1 aromatic heterocycles. The van der Waals surface area contributed by atoms with Crippen LogP contribution in [0.15, 0.2) is 42.6 Å². The fourth-order valence-electron chi connectivity index (χ4n) is 2.97. The van der Waals surface area contributed by atoms with Crippen molar-refractivity contribution in [1.29, 1.82) is 0 Å². The molecule has 0 saturated carbocycles. The first kappa shape index (κ1) is 14.8. The van der Waals surface area contributed by atoms with Crippen LogP contribution < -0.4 is 10.2 Å². The zero-order valence-electron chi connectivity index (χ0n) is 13.2. The van der Waals surface area contributed by atoms with Gasteiger partial charge in [-0.15, -0.1) is 0 Å². The summed E-state index contributed by atoms with van der Waals surface area (Å²) < 4.78 is 0. The number of hydrogen-bond donors (Lipinski definition) is 1. The quantitative estimate of drug-likeness (QED) is 0.918. The van der Waals surface area contributed by atoms with Crippen molar-refractivity contribution >= 4 is 11.8 Å². The van der Waals surface area contributed by atoms with E-state index in [9.17, 15) is 0 Å². The minimum Gasteiger partial charge on any atom is -0.356 e. The third-order valence-electron chi connectivity index (χ3n) is 4.16. The Morgan fingerprint density at radius 3 is 2.91 bits per heavy atom. The summed E-state index contributed by atoms with van der Waals surface area (Å²) in [7, 11) is 0. The Balaban J connectivity index is 1.57. The standard InChI is InChI=1S/C18H24N4/c1-15-6-5-13-22(14-15)17-10-12-20-18(21-17)19-11-9-16-7-3-2-4-8-16/h2-4,7-8,10,12,15H,5-6,9,11,13-14H2,1H3,(H,19,20,21). The lowest BCUT2D eigenvalue weighted by molar-refractivity contribution is 0.444. The smallest absolute Gasteiger partial charge is 0.224 e. The molecule has 1 atom stereocenters. The van der Waals surface area contributed by atoms with Gasteiger partial charge in [-0.1, -0.05) is 37.3 Å². The van der Waals surface area contributed by atoms with E-state index in [1.165, 1.54) is 18.4 Å². The fourth-order valence-corrected chi connectivity index (χ4v) is 2.97. The lowest BCUT2D eigenvalue weighted by Crippen LogP contribution is -2.34. The molecular weight excluding hydrogens is 272 g/mol. The van der Waals surface area contributed by atoms with Gasteiger partial charge in [-0.05, 0) is 36.8 Å². The number of piperidine rings is 1. The van der Waals surface area contributed by atoms with E-state index < -0.39 is 0 Å². The van der Waals surface area contributed by atoms with Crippen molar-refractivity contribution in [3.8, 4) is 0 Å². The maximum Gasteiger partial charge on any atom is 0.224 e. The minimum absolute atomic E-state index is 0.728. The number of aromatic nitrogens is 2. The Labute approximate surface area is 132 Å². The summed E-state index contributed by atoms with van der Waals surface area (Å²) in [5.74, 6) is 2.52. The van der Waals surface area contributed by atoms with Crippen LogP contribution >= 0.6 is 0 Å². The van der Waals surface area contributed by atoms with Crippen LogP contribution in [0.25, 0.3) is 0 Å². The van der Waals surface area contributed by atoms with Crippen molar-refractivity contribution in [2.24, 2.45) is 5.92 Å². The van der Waals surface area contributed by atoms with Gasteiger partial charge in [0.2, 0.25) is 5.95 Å². The monoisotopic (exact) mass is 296 g/mol. The first-order chi connectivity index (χ1) is 10.8. The largest absolute Gasteiger partial charge is 0.356 e. The van der Waals surface area contributed by atoms with E-state index in [-0.39, 0.29) is 0 Å². The molecule has 0 aliphatic carbocycles. The van der Waals surface area contributed by atoms with Gasteiger partial charge >= 0.3 is 0 Å². The minimum atomic E-state index is 0.728. The van der Waals surface area contributed by atoms with E-state index in [0.29, 0.717) is 0 Å². The van der Waals surface area contributed by atoms with Gasteiger partial charge in [-0.2, -0.15) is 4.98 Å². The zero-order valence-corrected chi connectivity index (χ0v) is 13.2. The molecule has 1 aromatic carbocycles.